The number of benzene rings is 1. The van der Waals surface area contributed by atoms with Crippen molar-refractivity contribution in [1.29, 1.82) is 0 Å². The van der Waals surface area contributed by atoms with Crippen molar-refractivity contribution < 1.29 is 14.3 Å². The number of carboxylic acids is 1. The molecule has 1 aromatic carbocycles. The molecule has 1 aromatic rings. The summed E-state index contributed by atoms with van der Waals surface area (Å²) in [5.41, 5.74) is 0.0792. The summed E-state index contributed by atoms with van der Waals surface area (Å²) in [5.74, 6) is -1.05. The van der Waals surface area contributed by atoms with E-state index in [2.05, 4.69) is 5.32 Å². The second-order valence-electron chi connectivity index (χ2n) is 5.27. The van der Waals surface area contributed by atoms with Crippen LogP contribution in [0.1, 0.15) is 33.1 Å². The lowest BCUT2D eigenvalue weighted by atomic mass is 9.90. The van der Waals surface area contributed by atoms with Crippen LogP contribution in [0.4, 0.5) is 10.1 Å². The summed E-state index contributed by atoms with van der Waals surface area (Å²) >= 11 is 0. The zero-order valence-corrected chi connectivity index (χ0v) is 13.0. The first-order valence-electron chi connectivity index (χ1n) is 7.40. The Kier molecular flexibility index (Phi) is 6.62. The second kappa shape index (κ2) is 7.98. The monoisotopic (exact) mass is 296 g/mol. The van der Waals surface area contributed by atoms with E-state index in [1.807, 2.05) is 25.8 Å². The minimum atomic E-state index is -0.849. The van der Waals surface area contributed by atoms with Crippen molar-refractivity contribution in [2.24, 2.45) is 0 Å². The van der Waals surface area contributed by atoms with Crippen LogP contribution in [0.3, 0.4) is 0 Å². The third-order valence-electron chi connectivity index (χ3n) is 3.89. The van der Waals surface area contributed by atoms with E-state index in [9.17, 15) is 14.3 Å². The average molecular weight is 296 g/mol. The largest absolute Gasteiger partial charge is 0.480 e. The topological polar surface area (TPSA) is 52.6 Å². The van der Waals surface area contributed by atoms with E-state index in [0.29, 0.717) is 19.4 Å². The van der Waals surface area contributed by atoms with Gasteiger partial charge in [-0.1, -0.05) is 13.8 Å². The summed E-state index contributed by atoms with van der Waals surface area (Å²) < 4.78 is 12.9. The molecule has 5 heteroatoms. The Morgan fingerprint density at radius 2 is 1.95 bits per heavy atom. The first-order chi connectivity index (χ1) is 9.95. The van der Waals surface area contributed by atoms with Gasteiger partial charge in [0.15, 0.2) is 0 Å². The molecule has 0 saturated heterocycles. The van der Waals surface area contributed by atoms with Crippen molar-refractivity contribution in [3.8, 4) is 0 Å². The molecule has 1 unspecified atom stereocenters. The van der Waals surface area contributed by atoms with Crippen molar-refractivity contribution >= 4 is 11.7 Å². The number of anilines is 1. The molecule has 1 rings (SSSR count). The van der Waals surface area contributed by atoms with Gasteiger partial charge in [0.1, 0.15) is 11.4 Å². The molecule has 0 aromatic heterocycles. The Hall–Kier alpha value is -1.62. The molecule has 0 aliphatic heterocycles. The van der Waals surface area contributed by atoms with Crippen molar-refractivity contribution in [3.63, 3.8) is 0 Å². The summed E-state index contributed by atoms with van der Waals surface area (Å²) in [6.45, 7) is 5.17. The van der Waals surface area contributed by atoms with E-state index >= 15 is 0 Å². The number of hydrogen-bond donors (Lipinski definition) is 2. The highest BCUT2D eigenvalue weighted by atomic mass is 19.1. The summed E-state index contributed by atoms with van der Waals surface area (Å²) in [4.78, 5) is 13.5. The fourth-order valence-corrected chi connectivity index (χ4v) is 2.50. The number of likely N-dealkylation sites (N-methyl/N-ethyl adjacent to an activating group) is 1. The fourth-order valence-electron chi connectivity index (χ4n) is 2.50. The molecule has 0 radical (unpaired) electrons. The lowest BCUT2D eigenvalue weighted by Crippen LogP contribution is -2.51. The smallest absolute Gasteiger partial charge is 0.323 e. The second-order valence-corrected chi connectivity index (χ2v) is 5.27. The maximum absolute atomic E-state index is 12.9. The van der Waals surface area contributed by atoms with Crippen LogP contribution in [0.5, 0.6) is 0 Å². The van der Waals surface area contributed by atoms with Gasteiger partial charge in [-0.3, -0.25) is 4.79 Å². The van der Waals surface area contributed by atoms with Crippen LogP contribution >= 0.6 is 0 Å². The van der Waals surface area contributed by atoms with E-state index in [4.69, 9.17) is 0 Å². The van der Waals surface area contributed by atoms with E-state index < -0.39 is 11.5 Å². The Bertz CT molecular complexity index is 450. The van der Waals surface area contributed by atoms with Crippen molar-refractivity contribution in [3.05, 3.63) is 30.1 Å². The number of aliphatic carboxylic acids is 1. The van der Waals surface area contributed by atoms with Gasteiger partial charge in [-0.05, 0) is 50.1 Å². The molecule has 2 N–H and O–H groups in total. The zero-order chi connectivity index (χ0) is 15.9. The predicted molar refractivity (Wildman–Crippen MR) is 83.2 cm³/mol. The normalized spacial score (nSPS) is 13.7. The SMILES string of the molecule is CCNC(CC)(CCCN(C)c1ccc(F)cc1)C(=O)O. The number of carboxylic acid groups (broad SMARTS) is 1. The molecule has 21 heavy (non-hydrogen) atoms. The molecule has 4 nitrogen and oxygen atoms in total. The number of nitrogens with one attached hydrogen (secondary N) is 1. The minimum Gasteiger partial charge on any atom is -0.480 e. The lowest BCUT2D eigenvalue weighted by molar-refractivity contribution is -0.145. The maximum Gasteiger partial charge on any atom is 0.323 e. The van der Waals surface area contributed by atoms with Gasteiger partial charge in [0, 0.05) is 19.3 Å². The van der Waals surface area contributed by atoms with Gasteiger partial charge in [0.25, 0.3) is 0 Å². The Labute approximate surface area is 126 Å². The molecule has 0 amide bonds. The first-order valence-corrected chi connectivity index (χ1v) is 7.40. The van der Waals surface area contributed by atoms with Gasteiger partial charge in [-0.25, -0.2) is 4.39 Å². The van der Waals surface area contributed by atoms with E-state index in [-0.39, 0.29) is 5.82 Å². The number of carbonyl (C=O) groups is 1. The van der Waals surface area contributed by atoms with Gasteiger partial charge in [0.05, 0.1) is 0 Å². The molecule has 0 aliphatic rings. The third kappa shape index (κ3) is 4.70. The summed E-state index contributed by atoms with van der Waals surface area (Å²) in [7, 11) is 1.93. The molecule has 0 fully saturated rings. The Morgan fingerprint density at radius 3 is 2.43 bits per heavy atom. The van der Waals surface area contributed by atoms with E-state index in [0.717, 1.165) is 18.7 Å². The molecule has 0 bridgehead atoms. The maximum atomic E-state index is 12.9. The molecular formula is C16H25FN2O2. The fraction of sp³-hybridized carbons (Fsp3) is 0.562. The van der Waals surface area contributed by atoms with E-state index in [1.54, 1.807) is 12.1 Å². The molecule has 0 saturated carbocycles. The van der Waals surface area contributed by atoms with Gasteiger partial charge >= 0.3 is 5.97 Å². The van der Waals surface area contributed by atoms with Gasteiger partial charge in [-0.2, -0.15) is 0 Å². The summed E-state index contributed by atoms with van der Waals surface area (Å²) in [5, 5.41) is 12.5. The molecular weight excluding hydrogens is 271 g/mol. The van der Waals surface area contributed by atoms with Crippen LogP contribution in [0.2, 0.25) is 0 Å². The molecule has 118 valence electrons. The van der Waals surface area contributed by atoms with Gasteiger partial charge in [0.2, 0.25) is 0 Å². The van der Waals surface area contributed by atoms with Crippen LogP contribution < -0.4 is 10.2 Å². The van der Waals surface area contributed by atoms with Crippen molar-refractivity contribution in [1.82, 2.24) is 5.32 Å². The highest BCUT2D eigenvalue weighted by molar-refractivity contribution is 5.78. The molecule has 0 spiro atoms. The van der Waals surface area contributed by atoms with Crippen LogP contribution in [0.25, 0.3) is 0 Å². The van der Waals surface area contributed by atoms with Crippen LogP contribution in [-0.2, 0) is 4.79 Å². The molecule has 0 aliphatic carbocycles. The molecule has 1 atom stereocenters. The minimum absolute atomic E-state index is 0.254. The summed E-state index contributed by atoms with van der Waals surface area (Å²) in [6.07, 6.45) is 1.87. The standard InChI is InChI=1S/C16H25FN2O2/c1-4-16(15(20)21,18-5-2)11-6-12-19(3)14-9-7-13(17)8-10-14/h7-10,18H,4-6,11-12H2,1-3H3,(H,20,21). The van der Waals surface area contributed by atoms with Crippen molar-refractivity contribution in [2.75, 3.05) is 25.0 Å². The van der Waals surface area contributed by atoms with Crippen LogP contribution in [0.15, 0.2) is 24.3 Å². The molecule has 0 heterocycles. The highest BCUT2D eigenvalue weighted by Gasteiger charge is 2.34. The predicted octanol–water partition coefficient (Wildman–Crippen LogP) is 2.89. The van der Waals surface area contributed by atoms with Gasteiger partial charge < -0.3 is 15.3 Å². The Morgan fingerprint density at radius 1 is 1.33 bits per heavy atom. The quantitative estimate of drug-likeness (QED) is 0.736. The highest BCUT2D eigenvalue weighted by Crippen LogP contribution is 2.20. The third-order valence-corrected chi connectivity index (χ3v) is 3.89. The average Bonchev–Trinajstić information content (AvgIpc) is 2.46. The number of nitrogens with zero attached hydrogens (tertiary/aromatic N) is 1. The summed E-state index contributed by atoms with van der Waals surface area (Å²) in [6, 6.07) is 6.31. The zero-order valence-electron chi connectivity index (χ0n) is 13.0. The van der Waals surface area contributed by atoms with Crippen LogP contribution in [0, 0.1) is 5.82 Å². The van der Waals surface area contributed by atoms with Crippen molar-refractivity contribution in [2.45, 2.75) is 38.6 Å². The van der Waals surface area contributed by atoms with Crippen LogP contribution in [-0.4, -0.2) is 36.8 Å². The lowest BCUT2D eigenvalue weighted by Gasteiger charge is -2.30. The first kappa shape index (κ1) is 17.4. The number of rotatable bonds is 9. The Balaban J connectivity index is 2.57. The number of halogens is 1. The van der Waals surface area contributed by atoms with E-state index in [1.165, 1.54) is 12.1 Å². The number of hydrogen-bond acceptors (Lipinski definition) is 3. The van der Waals surface area contributed by atoms with Gasteiger partial charge in [-0.15, -0.1) is 0 Å².